The maximum absolute atomic E-state index is 12.1. The second kappa shape index (κ2) is 9.97. The molecule has 27 heavy (non-hydrogen) atoms. The number of carbonyl (C=O) groups excluding carboxylic acids is 1. The molecule has 0 unspecified atom stereocenters. The zero-order valence-corrected chi connectivity index (χ0v) is 16.8. The molecule has 0 spiro atoms. The standard InChI is InChI=1S/C22H28O5/c1-6-9-16-10-8-11-18-17(12-15(3)22(23)26-7-2)13-19(25-5)21(20(16)18)27-14-24-4/h8,10-13H,6-7,9,14H2,1-5H3/b15-12+. The van der Waals surface area contributed by atoms with Gasteiger partial charge in [-0.05, 0) is 48.9 Å². The van der Waals surface area contributed by atoms with E-state index in [0.717, 1.165) is 29.2 Å². The third-order valence-electron chi connectivity index (χ3n) is 4.23. The van der Waals surface area contributed by atoms with Crippen LogP contribution in [-0.2, 0) is 20.7 Å². The van der Waals surface area contributed by atoms with Crippen LogP contribution in [0.5, 0.6) is 11.5 Å². The molecule has 2 aromatic rings. The van der Waals surface area contributed by atoms with Gasteiger partial charge in [0.1, 0.15) is 0 Å². The highest BCUT2D eigenvalue weighted by atomic mass is 16.7. The largest absolute Gasteiger partial charge is 0.493 e. The van der Waals surface area contributed by atoms with Gasteiger partial charge in [-0.3, -0.25) is 0 Å². The van der Waals surface area contributed by atoms with Crippen LogP contribution in [0.1, 0.15) is 38.3 Å². The van der Waals surface area contributed by atoms with Gasteiger partial charge >= 0.3 is 5.97 Å². The number of rotatable bonds is 9. The van der Waals surface area contributed by atoms with E-state index in [-0.39, 0.29) is 12.8 Å². The van der Waals surface area contributed by atoms with Crippen molar-refractivity contribution in [1.29, 1.82) is 0 Å². The summed E-state index contributed by atoms with van der Waals surface area (Å²) in [4.78, 5) is 12.1. The molecule has 0 fully saturated rings. The van der Waals surface area contributed by atoms with Crippen LogP contribution in [0.3, 0.4) is 0 Å². The molecule has 0 aromatic heterocycles. The van der Waals surface area contributed by atoms with Crippen LogP contribution in [0.25, 0.3) is 16.8 Å². The van der Waals surface area contributed by atoms with Crippen molar-refractivity contribution in [2.24, 2.45) is 0 Å². The molecule has 0 amide bonds. The molecule has 0 bridgehead atoms. The minimum atomic E-state index is -0.325. The molecular weight excluding hydrogens is 344 g/mol. The normalized spacial score (nSPS) is 11.5. The molecule has 146 valence electrons. The van der Waals surface area contributed by atoms with E-state index in [2.05, 4.69) is 13.0 Å². The van der Waals surface area contributed by atoms with Gasteiger partial charge in [0, 0.05) is 18.1 Å². The molecular formula is C22H28O5. The van der Waals surface area contributed by atoms with E-state index in [9.17, 15) is 4.79 Å². The van der Waals surface area contributed by atoms with Crippen LogP contribution in [0.2, 0.25) is 0 Å². The van der Waals surface area contributed by atoms with Crippen LogP contribution in [0.15, 0.2) is 29.8 Å². The maximum atomic E-state index is 12.1. The van der Waals surface area contributed by atoms with Gasteiger partial charge in [0.05, 0.1) is 13.7 Å². The predicted octanol–water partition coefficient (Wildman–Crippen LogP) is 4.75. The third kappa shape index (κ3) is 4.80. The number of aryl methyl sites for hydroxylation is 1. The van der Waals surface area contributed by atoms with E-state index in [4.69, 9.17) is 18.9 Å². The molecule has 0 aliphatic carbocycles. The lowest BCUT2D eigenvalue weighted by Gasteiger charge is -2.18. The zero-order valence-electron chi connectivity index (χ0n) is 16.8. The summed E-state index contributed by atoms with van der Waals surface area (Å²) < 4.78 is 21.7. The van der Waals surface area contributed by atoms with Crippen molar-refractivity contribution in [2.75, 3.05) is 27.6 Å². The minimum Gasteiger partial charge on any atom is -0.493 e. The first-order valence-electron chi connectivity index (χ1n) is 9.17. The quantitative estimate of drug-likeness (QED) is 0.361. The molecule has 2 aromatic carbocycles. The number of esters is 1. The summed E-state index contributed by atoms with van der Waals surface area (Å²) in [6, 6.07) is 8.03. The van der Waals surface area contributed by atoms with Crippen LogP contribution >= 0.6 is 0 Å². The Morgan fingerprint density at radius 2 is 1.96 bits per heavy atom. The zero-order chi connectivity index (χ0) is 19.8. The molecule has 0 saturated heterocycles. The lowest BCUT2D eigenvalue weighted by molar-refractivity contribution is -0.138. The van der Waals surface area contributed by atoms with Gasteiger partial charge in [-0.2, -0.15) is 0 Å². The first kappa shape index (κ1) is 20.8. The van der Waals surface area contributed by atoms with Gasteiger partial charge in [0.25, 0.3) is 0 Å². The Morgan fingerprint density at radius 1 is 1.19 bits per heavy atom. The van der Waals surface area contributed by atoms with Crippen molar-refractivity contribution in [2.45, 2.75) is 33.6 Å². The number of hydrogen-bond acceptors (Lipinski definition) is 5. The van der Waals surface area contributed by atoms with E-state index >= 15 is 0 Å². The average Bonchev–Trinajstić information content (AvgIpc) is 2.67. The fraction of sp³-hybridized carbons (Fsp3) is 0.409. The van der Waals surface area contributed by atoms with Crippen molar-refractivity contribution in [3.63, 3.8) is 0 Å². The van der Waals surface area contributed by atoms with E-state index < -0.39 is 0 Å². The second-order valence-corrected chi connectivity index (χ2v) is 6.19. The van der Waals surface area contributed by atoms with E-state index in [1.807, 2.05) is 24.3 Å². The average molecular weight is 372 g/mol. The van der Waals surface area contributed by atoms with Gasteiger partial charge in [0.15, 0.2) is 18.3 Å². The molecule has 0 heterocycles. The molecule has 0 aliphatic heterocycles. The summed E-state index contributed by atoms with van der Waals surface area (Å²) in [5.74, 6) is 0.935. The van der Waals surface area contributed by atoms with Gasteiger partial charge in [-0.1, -0.05) is 31.5 Å². The molecule has 0 radical (unpaired) electrons. The Labute approximate surface area is 160 Å². The van der Waals surface area contributed by atoms with Crippen molar-refractivity contribution in [1.82, 2.24) is 0 Å². The highest BCUT2D eigenvalue weighted by molar-refractivity contribution is 6.02. The SMILES string of the molecule is CCCc1cccc2c(/C=C(\C)C(=O)OCC)cc(OC)c(OCOC)c12. The number of benzene rings is 2. The minimum absolute atomic E-state index is 0.128. The van der Waals surface area contributed by atoms with E-state index in [1.54, 1.807) is 28.1 Å². The highest BCUT2D eigenvalue weighted by Crippen LogP contribution is 2.41. The molecule has 0 aliphatic rings. The van der Waals surface area contributed by atoms with Gasteiger partial charge in [-0.15, -0.1) is 0 Å². The number of methoxy groups -OCH3 is 2. The molecule has 0 atom stereocenters. The van der Waals surface area contributed by atoms with Crippen molar-refractivity contribution < 1.29 is 23.7 Å². The third-order valence-corrected chi connectivity index (χ3v) is 4.23. The Balaban J connectivity index is 2.74. The van der Waals surface area contributed by atoms with Crippen molar-refractivity contribution in [3.8, 4) is 11.5 Å². The first-order valence-corrected chi connectivity index (χ1v) is 9.17. The highest BCUT2D eigenvalue weighted by Gasteiger charge is 2.17. The Hall–Kier alpha value is -2.53. The Morgan fingerprint density at radius 3 is 2.59 bits per heavy atom. The molecule has 5 heteroatoms. The van der Waals surface area contributed by atoms with Gasteiger partial charge in [-0.25, -0.2) is 4.79 Å². The summed E-state index contributed by atoms with van der Waals surface area (Å²) in [5, 5.41) is 1.98. The lowest BCUT2D eigenvalue weighted by Crippen LogP contribution is -2.05. The molecule has 5 nitrogen and oxygen atoms in total. The summed E-state index contributed by atoms with van der Waals surface area (Å²) >= 11 is 0. The molecule has 2 rings (SSSR count). The van der Waals surface area contributed by atoms with Crippen LogP contribution in [0, 0.1) is 0 Å². The Kier molecular flexibility index (Phi) is 7.67. The van der Waals surface area contributed by atoms with Crippen LogP contribution in [0.4, 0.5) is 0 Å². The second-order valence-electron chi connectivity index (χ2n) is 6.19. The summed E-state index contributed by atoms with van der Waals surface area (Å²) in [7, 11) is 3.19. The fourth-order valence-electron chi connectivity index (χ4n) is 3.06. The monoisotopic (exact) mass is 372 g/mol. The number of hydrogen-bond donors (Lipinski definition) is 0. The summed E-state index contributed by atoms with van der Waals surface area (Å²) in [6.45, 7) is 6.16. The molecule has 0 N–H and O–H groups in total. The van der Waals surface area contributed by atoms with Crippen LogP contribution in [-0.4, -0.2) is 33.6 Å². The van der Waals surface area contributed by atoms with Gasteiger partial charge < -0.3 is 18.9 Å². The lowest BCUT2D eigenvalue weighted by atomic mass is 9.95. The van der Waals surface area contributed by atoms with Crippen molar-refractivity contribution >= 4 is 22.8 Å². The Bertz CT molecular complexity index is 823. The first-order chi connectivity index (χ1) is 13.1. The number of fused-ring (bicyclic) bond motifs is 1. The summed E-state index contributed by atoms with van der Waals surface area (Å²) in [5.41, 5.74) is 2.59. The smallest absolute Gasteiger partial charge is 0.333 e. The predicted molar refractivity (Wildman–Crippen MR) is 107 cm³/mol. The number of ether oxygens (including phenoxy) is 4. The van der Waals surface area contributed by atoms with Crippen molar-refractivity contribution in [3.05, 3.63) is 41.0 Å². The fourth-order valence-corrected chi connectivity index (χ4v) is 3.06. The summed E-state index contributed by atoms with van der Waals surface area (Å²) in [6.07, 6.45) is 3.75. The maximum Gasteiger partial charge on any atom is 0.333 e. The van der Waals surface area contributed by atoms with Crippen LogP contribution < -0.4 is 9.47 Å². The topological polar surface area (TPSA) is 54.0 Å². The van der Waals surface area contributed by atoms with E-state index in [0.29, 0.717) is 23.7 Å². The molecule has 0 saturated carbocycles. The van der Waals surface area contributed by atoms with Gasteiger partial charge in [0.2, 0.25) is 0 Å². The van der Waals surface area contributed by atoms with E-state index in [1.165, 1.54) is 5.56 Å². The number of carbonyl (C=O) groups is 1.